The largest absolute Gasteiger partial charge is 0.369 e. The zero-order chi connectivity index (χ0) is 21.6. The Labute approximate surface area is 175 Å². The SMILES string of the molecule is CC(=O)c1ccc(S(=O)(=O)NCCNc2cc(Nc3ccccn3)nc(C)n2)cc1. The lowest BCUT2D eigenvalue weighted by Gasteiger charge is -2.11. The molecule has 0 saturated carbocycles. The van der Waals surface area contributed by atoms with Crippen LogP contribution >= 0.6 is 0 Å². The van der Waals surface area contributed by atoms with Crippen LogP contribution in [0.25, 0.3) is 0 Å². The quantitative estimate of drug-likeness (QED) is 0.352. The van der Waals surface area contributed by atoms with E-state index < -0.39 is 10.0 Å². The number of Topliss-reactive ketones (excluding diaryl/α,β-unsaturated/α-hetero) is 1. The summed E-state index contributed by atoms with van der Waals surface area (Å²) >= 11 is 0. The van der Waals surface area contributed by atoms with Gasteiger partial charge in [0.05, 0.1) is 4.90 Å². The zero-order valence-electron chi connectivity index (χ0n) is 16.6. The Hall–Kier alpha value is -3.37. The van der Waals surface area contributed by atoms with Crippen LogP contribution in [-0.4, -0.2) is 42.2 Å². The van der Waals surface area contributed by atoms with Crippen LogP contribution in [0.4, 0.5) is 17.5 Å². The molecule has 0 atom stereocenters. The summed E-state index contributed by atoms with van der Waals surface area (Å²) in [5, 5.41) is 6.17. The Morgan fingerprint density at radius 3 is 2.37 bits per heavy atom. The van der Waals surface area contributed by atoms with Crippen molar-refractivity contribution in [3.8, 4) is 0 Å². The first-order valence-electron chi connectivity index (χ1n) is 9.22. The van der Waals surface area contributed by atoms with E-state index >= 15 is 0 Å². The number of nitrogens with zero attached hydrogens (tertiary/aromatic N) is 3. The fourth-order valence-electron chi connectivity index (χ4n) is 2.62. The van der Waals surface area contributed by atoms with Gasteiger partial charge in [-0.2, -0.15) is 0 Å². The van der Waals surface area contributed by atoms with Crippen LogP contribution in [0.5, 0.6) is 0 Å². The average molecular weight is 427 g/mol. The van der Waals surface area contributed by atoms with Crippen molar-refractivity contribution >= 4 is 33.3 Å². The van der Waals surface area contributed by atoms with Gasteiger partial charge in [-0.05, 0) is 38.1 Å². The number of aryl methyl sites for hydroxylation is 1. The zero-order valence-corrected chi connectivity index (χ0v) is 17.4. The number of sulfonamides is 1. The Bertz CT molecular complexity index is 1120. The number of anilines is 3. The second kappa shape index (κ2) is 9.42. The van der Waals surface area contributed by atoms with Gasteiger partial charge in [-0.15, -0.1) is 0 Å². The van der Waals surface area contributed by atoms with Gasteiger partial charge in [0.2, 0.25) is 10.0 Å². The number of nitrogens with one attached hydrogen (secondary N) is 3. The highest BCUT2D eigenvalue weighted by atomic mass is 32.2. The first-order valence-corrected chi connectivity index (χ1v) is 10.7. The molecule has 0 saturated heterocycles. The number of hydrogen-bond donors (Lipinski definition) is 3. The smallest absolute Gasteiger partial charge is 0.240 e. The molecule has 0 fully saturated rings. The van der Waals surface area contributed by atoms with Crippen molar-refractivity contribution in [2.24, 2.45) is 0 Å². The molecule has 1 aromatic carbocycles. The van der Waals surface area contributed by atoms with E-state index in [1.165, 1.54) is 31.2 Å². The summed E-state index contributed by atoms with van der Waals surface area (Å²) in [5.41, 5.74) is 0.463. The third-order valence-electron chi connectivity index (χ3n) is 4.05. The molecule has 30 heavy (non-hydrogen) atoms. The molecule has 3 rings (SSSR count). The van der Waals surface area contributed by atoms with Gasteiger partial charge >= 0.3 is 0 Å². The molecule has 2 aromatic heterocycles. The molecule has 0 spiro atoms. The van der Waals surface area contributed by atoms with E-state index in [1.54, 1.807) is 19.2 Å². The molecule has 0 bridgehead atoms. The lowest BCUT2D eigenvalue weighted by atomic mass is 10.2. The van der Waals surface area contributed by atoms with Crippen LogP contribution < -0.4 is 15.4 Å². The summed E-state index contributed by atoms with van der Waals surface area (Å²) in [6.45, 7) is 3.68. The average Bonchev–Trinajstić information content (AvgIpc) is 2.72. The van der Waals surface area contributed by atoms with Gasteiger partial charge in [0.15, 0.2) is 5.78 Å². The van der Waals surface area contributed by atoms with E-state index in [2.05, 4.69) is 30.3 Å². The van der Waals surface area contributed by atoms with Crippen LogP contribution in [0.2, 0.25) is 0 Å². The number of carbonyl (C=O) groups excluding carboxylic acids is 1. The Kier molecular flexibility index (Phi) is 6.70. The minimum atomic E-state index is -3.67. The molecule has 0 amide bonds. The molecule has 0 aliphatic carbocycles. The summed E-state index contributed by atoms with van der Waals surface area (Å²) in [7, 11) is -3.67. The fraction of sp³-hybridized carbons (Fsp3) is 0.200. The molecule has 156 valence electrons. The molecule has 0 unspecified atom stereocenters. The molecule has 9 nitrogen and oxygen atoms in total. The third kappa shape index (κ3) is 5.82. The van der Waals surface area contributed by atoms with E-state index in [-0.39, 0.29) is 17.2 Å². The number of aromatic nitrogens is 3. The third-order valence-corrected chi connectivity index (χ3v) is 5.53. The molecule has 0 radical (unpaired) electrons. The van der Waals surface area contributed by atoms with Crippen molar-refractivity contribution in [3.05, 3.63) is 66.1 Å². The van der Waals surface area contributed by atoms with E-state index in [4.69, 9.17) is 0 Å². The minimum Gasteiger partial charge on any atom is -0.369 e. The van der Waals surface area contributed by atoms with Crippen molar-refractivity contribution in [2.75, 3.05) is 23.7 Å². The van der Waals surface area contributed by atoms with Crippen LogP contribution in [0.15, 0.2) is 59.6 Å². The highest BCUT2D eigenvalue weighted by Gasteiger charge is 2.13. The topological polar surface area (TPSA) is 126 Å². The van der Waals surface area contributed by atoms with Crippen LogP contribution in [0.1, 0.15) is 23.1 Å². The molecular weight excluding hydrogens is 404 g/mol. The van der Waals surface area contributed by atoms with Gasteiger partial charge in [-0.3, -0.25) is 4.79 Å². The van der Waals surface area contributed by atoms with Gasteiger partial charge < -0.3 is 10.6 Å². The maximum Gasteiger partial charge on any atom is 0.240 e. The lowest BCUT2D eigenvalue weighted by Crippen LogP contribution is -2.29. The summed E-state index contributed by atoms with van der Waals surface area (Å²) in [6.07, 6.45) is 1.68. The van der Waals surface area contributed by atoms with Crippen molar-refractivity contribution < 1.29 is 13.2 Å². The Morgan fingerprint density at radius 2 is 1.70 bits per heavy atom. The van der Waals surface area contributed by atoms with Gasteiger partial charge in [-0.1, -0.05) is 18.2 Å². The molecule has 3 aromatic rings. The Balaban J connectivity index is 1.56. The predicted molar refractivity (Wildman–Crippen MR) is 114 cm³/mol. The van der Waals surface area contributed by atoms with Crippen molar-refractivity contribution in [2.45, 2.75) is 18.7 Å². The summed E-state index contributed by atoms with van der Waals surface area (Å²) in [6, 6.07) is 13.0. The number of carbonyl (C=O) groups is 1. The van der Waals surface area contributed by atoms with Crippen molar-refractivity contribution in [1.29, 1.82) is 0 Å². The molecule has 0 aliphatic heterocycles. The molecule has 10 heteroatoms. The van der Waals surface area contributed by atoms with Crippen LogP contribution in [-0.2, 0) is 10.0 Å². The monoisotopic (exact) mass is 426 g/mol. The van der Waals surface area contributed by atoms with Crippen LogP contribution in [0, 0.1) is 6.92 Å². The Morgan fingerprint density at radius 1 is 0.967 bits per heavy atom. The van der Waals surface area contributed by atoms with Crippen molar-refractivity contribution in [1.82, 2.24) is 19.7 Å². The van der Waals surface area contributed by atoms with Crippen LogP contribution in [0.3, 0.4) is 0 Å². The van der Waals surface area contributed by atoms with Crippen molar-refractivity contribution in [3.63, 3.8) is 0 Å². The standard InChI is InChI=1S/C20H22N6O3S/c1-14(27)16-6-8-17(9-7-16)30(28,29)23-12-11-22-19-13-20(25-15(2)24-19)26-18-5-3-4-10-21-18/h3-10,13,23H,11-12H2,1-2H3,(H2,21,22,24,25,26). The number of ketones is 1. The maximum atomic E-state index is 12.4. The highest BCUT2D eigenvalue weighted by Crippen LogP contribution is 2.15. The highest BCUT2D eigenvalue weighted by molar-refractivity contribution is 7.89. The fourth-order valence-corrected chi connectivity index (χ4v) is 3.65. The second-order valence-corrected chi connectivity index (χ2v) is 8.20. The number of benzene rings is 1. The minimum absolute atomic E-state index is 0.104. The summed E-state index contributed by atoms with van der Waals surface area (Å²) < 4.78 is 27.3. The first kappa shape index (κ1) is 21.3. The number of pyridine rings is 1. The lowest BCUT2D eigenvalue weighted by molar-refractivity contribution is 0.101. The number of hydrogen-bond acceptors (Lipinski definition) is 8. The maximum absolute atomic E-state index is 12.4. The van der Waals surface area contributed by atoms with Gasteiger partial charge in [0.25, 0.3) is 0 Å². The first-order chi connectivity index (χ1) is 14.3. The van der Waals surface area contributed by atoms with E-state index in [0.717, 1.165) is 0 Å². The number of rotatable bonds is 9. The molecule has 3 N–H and O–H groups in total. The molecule has 0 aliphatic rings. The van der Waals surface area contributed by atoms with E-state index in [0.29, 0.717) is 35.4 Å². The van der Waals surface area contributed by atoms with Gasteiger partial charge in [0, 0.05) is 30.9 Å². The summed E-state index contributed by atoms with van der Waals surface area (Å²) in [5.74, 6) is 2.24. The molecule has 2 heterocycles. The second-order valence-electron chi connectivity index (χ2n) is 6.43. The molecular formula is C20H22N6O3S. The van der Waals surface area contributed by atoms with E-state index in [1.807, 2.05) is 18.2 Å². The van der Waals surface area contributed by atoms with Gasteiger partial charge in [0.1, 0.15) is 23.3 Å². The van der Waals surface area contributed by atoms with E-state index in [9.17, 15) is 13.2 Å². The predicted octanol–water partition coefficient (Wildman–Crippen LogP) is 2.52. The summed E-state index contributed by atoms with van der Waals surface area (Å²) in [4.78, 5) is 24.2. The van der Waals surface area contributed by atoms with Gasteiger partial charge in [-0.25, -0.2) is 28.1 Å². The normalized spacial score (nSPS) is 11.1.